The molecule has 0 aromatic carbocycles. The highest BCUT2D eigenvalue weighted by Crippen LogP contribution is 2.61. The summed E-state index contributed by atoms with van der Waals surface area (Å²) >= 11 is 0. The van der Waals surface area contributed by atoms with Crippen molar-refractivity contribution in [2.75, 3.05) is 0 Å². The molecule has 3 heteroatoms. The van der Waals surface area contributed by atoms with Crippen molar-refractivity contribution < 1.29 is 13.6 Å². The maximum atomic E-state index is 12.4. The Morgan fingerprint density at radius 3 is 2.20 bits per heavy atom. The Balaban J connectivity index is 2.01. The lowest BCUT2D eigenvalue weighted by molar-refractivity contribution is -0.110. The van der Waals surface area contributed by atoms with E-state index in [0.717, 1.165) is 6.29 Å². The summed E-state index contributed by atoms with van der Waals surface area (Å²) in [6.45, 7) is 0. The van der Waals surface area contributed by atoms with Crippen molar-refractivity contribution in [3.63, 3.8) is 0 Å². The average molecular weight is 146 g/mol. The first kappa shape index (κ1) is 6.25. The Bertz CT molecular complexity index is 164. The molecular weight excluding hydrogens is 138 g/mol. The van der Waals surface area contributed by atoms with Gasteiger partial charge in [0.15, 0.2) is 0 Å². The number of carbonyl (C=O) groups excluding carboxylic acids is 1. The van der Waals surface area contributed by atoms with Gasteiger partial charge >= 0.3 is 0 Å². The largest absolute Gasteiger partial charge is 0.303 e. The highest BCUT2D eigenvalue weighted by molar-refractivity contribution is 5.60. The van der Waals surface area contributed by atoms with E-state index >= 15 is 0 Å². The Hall–Kier alpha value is -0.470. The molecule has 1 unspecified atom stereocenters. The molecule has 0 amide bonds. The minimum absolute atomic E-state index is 0.0208. The minimum Gasteiger partial charge on any atom is -0.303 e. The van der Waals surface area contributed by atoms with Gasteiger partial charge in [-0.15, -0.1) is 0 Å². The smallest absolute Gasteiger partial charge is 0.248 e. The van der Waals surface area contributed by atoms with E-state index in [1.165, 1.54) is 0 Å². The molecule has 1 nitrogen and oxygen atoms in total. The van der Waals surface area contributed by atoms with Gasteiger partial charge in [-0.2, -0.15) is 0 Å². The van der Waals surface area contributed by atoms with Gasteiger partial charge in [-0.05, 0) is 11.8 Å². The molecule has 0 aromatic rings. The fraction of sp³-hybridized carbons (Fsp3) is 0.857. The number of rotatable bonds is 1. The predicted molar refractivity (Wildman–Crippen MR) is 30.7 cm³/mol. The summed E-state index contributed by atoms with van der Waals surface area (Å²) in [5.41, 5.74) is 0. The first-order valence-electron chi connectivity index (χ1n) is 3.47. The van der Waals surface area contributed by atoms with Crippen LogP contribution in [0.5, 0.6) is 0 Å². The maximum absolute atomic E-state index is 12.4. The van der Waals surface area contributed by atoms with E-state index < -0.39 is 5.92 Å². The number of halogens is 2. The Kier molecular flexibility index (Phi) is 0.984. The number of hydrogen-bond acceptors (Lipinski definition) is 1. The van der Waals surface area contributed by atoms with E-state index in [9.17, 15) is 13.6 Å². The molecule has 0 saturated heterocycles. The van der Waals surface area contributed by atoms with Crippen LogP contribution in [0.4, 0.5) is 8.78 Å². The lowest BCUT2D eigenvalue weighted by atomic mass is 10.1. The topological polar surface area (TPSA) is 17.1 Å². The summed E-state index contributed by atoms with van der Waals surface area (Å²) in [4.78, 5) is 10.1. The van der Waals surface area contributed by atoms with Gasteiger partial charge in [-0.25, -0.2) is 8.78 Å². The lowest BCUT2D eigenvalue weighted by Crippen LogP contribution is -2.14. The second-order valence-corrected chi connectivity index (χ2v) is 3.31. The number of carbonyl (C=O) groups is 1. The number of fused-ring (bicyclic) bond motifs is 1. The third-order valence-corrected chi connectivity index (χ3v) is 2.62. The quantitative estimate of drug-likeness (QED) is 0.512. The summed E-state index contributed by atoms with van der Waals surface area (Å²) in [7, 11) is 0. The molecule has 0 aromatic heterocycles. The fourth-order valence-electron chi connectivity index (χ4n) is 2.02. The molecule has 3 atom stereocenters. The molecule has 2 saturated carbocycles. The summed E-state index contributed by atoms with van der Waals surface area (Å²) in [6.07, 6.45) is 0.715. The molecule has 2 rings (SSSR count). The summed E-state index contributed by atoms with van der Waals surface area (Å²) < 4.78 is 24.8. The van der Waals surface area contributed by atoms with Crippen LogP contribution in [0.2, 0.25) is 0 Å². The number of alkyl halides is 2. The highest BCUT2D eigenvalue weighted by atomic mass is 19.3. The normalized spacial score (nSPS) is 48.4. The van der Waals surface area contributed by atoms with E-state index in [4.69, 9.17) is 0 Å². The zero-order valence-corrected chi connectivity index (χ0v) is 5.39. The first-order chi connectivity index (χ1) is 4.64. The first-order valence-corrected chi connectivity index (χ1v) is 3.47. The monoisotopic (exact) mass is 146 g/mol. The zero-order valence-electron chi connectivity index (χ0n) is 5.39. The van der Waals surface area contributed by atoms with Gasteiger partial charge in [0.25, 0.3) is 0 Å². The molecule has 10 heavy (non-hydrogen) atoms. The molecule has 56 valence electrons. The molecule has 0 N–H and O–H groups in total. The highest BCUT2D eigenvalue weighted by Gasteiger charge is 2.62. The Morgan fingerprint density at radius 1 is 1.30 bits per heavy atom. The minimum atomic E-state index is -2.46. The van der Waals surface area contributed by atoms with Crippen molar-refractivity contribution in [3.8, 4) is 0 Å². The van der Waals surface area contributed by atoms with Crippen molar-refractivity contribution in [2.24, 2.45) is 17.8 Å². The van der Waals surface area contributed by atoms with Crippen molar-refractivity contribution in [1.29, 1.82) is 0 Å². The van der Waals surface area contributed by atoms with Gasteiger partial charge in [0, 0.05) is 18.8 Å². The molecule has 0 radical (unpaired) electrons. The standard InChI is InChI=1S/C7H8F2O/c8-7(9)1-4-5(2-7)6(4)3-10/h3-6H,1-2H2/t4-,5+,6?. The van der Waals surface area contributed by atoms with Crippen LogP contribution in [0, 0.1) is 17.8 Å². The third kappa shape index (κ3) is 0.693. The summed E-state index contributed by atoms with van der Waals surface area (Å²) in [5.74, 6) is -2.45. The van der Waals surface area contributed by atoms with Crippen LogP contribution in [-0.4, -0.2) is 12.2 Å². The van der Waals surface area contributed by atoms with E-state index in [1.807, 2.05) is 0 Å². The van der Waals surface area contributed by atoms with E-state index in [1.54, 1.807) is 0 Å². The van der Waals surface area contributed by atoms with E-state index in [-0.39, 0.29) is 30.6 Å². The van der Waals surface area contributed by atoms with Crippen molar-refractivity contribution >= 4 is 6.29 Å². The maximum Gasteiger partial charge on any atom is 0.248 e. The number of hydrogen-bond donors (Lipinski definition) is 0. The van der Waals surface area contributed by atoms with Gasteiger partial charge in [0.2, 0.25) is 5.92 Å². The number of aldehydes is 1. The van der Waals surface area contributed by atoms with E-state index in [0.29, 0.717) is 0 Å². The Labute approximate surface area is 57.4 Å². The second kappa shape index (κ2) is 1.57. The lowest BCUT2D eigenvalue weighted by Gasteiger charge is -2.09. The van der Waals surface area contributed by atoms with Gasteiger partial charge in [-0.3, -0.25) is 0 Å². The molecule has 2 fully saturated rings. The van der Waals surface area contributed by atoms with Crippen LogP contribution in [-0.2, 0) is 4.79 Å². The summed E-state index contributed by atoms with van der Waals surface area (Å²) in [6, 6.07) is 0. The van der Waals surface area contributed by atoms with Crippen LogP contribution < -0.4 is 0 Å². The molecule has 0 bridgehead atoms. The van der Waals surface area contributed by atoms with Gasteiger partial charge in [0.05, 0.1) is 0 Å². The van der Waals surface area contributed by atoms with Crippen molar-refractivity contribution in [3.05, 3.63) is 0 Å². The fourth-order valence-corrected chi connectivity index (χ4v) is 2.02. The zero-order chi connectivity index (χ0) is 7.35. The predicted octanol–water partition coefficient (Wildman–Crippen LogP) is 1.48. The van der Waals surface area contributed by atoms with Crippen LogP contribution in [0.1, 0.15) is 12.8 Å². The van der Waals surface area contributed by atoms with Gasteiger partial charge in [0.1, 0.15) is 6.29 Å². The SMILES string of the molecule is O=CC1[C@H]2CC(F)(F)C[C@@H]12. The van der Waals surface area contributed by atoms with E-state index in [2.05, 4.69) is 0 Å². The molecule has 2 aliphatic rings. The molecule has 0 aliphatic heterocycles. The van der Waals surface area contributed by atoms with Crippen LogP contribution in [0.15, 0.2) is 0 Å². The molecular formula is C7H8F2O. The average Bonchev–Trinajstić information content (AvgIpc) is 2.30. The van der Waals surface area contributed by atoms with Crippen molar-refractivity contribution in [1.82, 2.24) is 0 Å². The van der Waals surface area contributed by atoms with Gasteiger partial charge < -0.3 is 4.79 Å². The third-order valence-electron chi connectivity index (χ3n) is 2.62. The molecule has 0 heterocycles. The summed E-state index contributed by atoms with van der Waals surface area (Å²) in [5, 5.41) is 0. The van der Waals surface area contributed by atoms with Crippen LogP contribution in [0.3, 0.4) is 0 Å². The second-order valence-electron chi connectivity index (χ2n) is 3.31. The molecule has 2 aliphatic carbocycles. The van der Waals surface area contributed by atoms with Crippen LogP contribution >= 0.6 is 0 Å². The Morgan fingerprint density at radius 2 is 1.80 bits per heavy atom. The molecule has 0 spiro atoms. The van der Waals surface area contributed by atoms with Gasteiger partial charge in [-0.1, -0.05) is 0 Å². The van der Waals surface area contributed by atoms with Crippen molar-refractivity contribution in [2.45, 2.75) is 18.8 Å². The van der Waals surface area contributed by atoms with Crippen LogP contribution in [0.25, 0.3) is 0 Å².